The van der Waals surface area contributed by atoms with Crippen molar-refractivity contribution in [1.29, 1.82) is 0 Å². The van der Waals surface area contributed by atoms with Gasteiger partial charge in [-0.2, -0.15) is 25.2 Å². The lowest BCUT2D eigenvalue weighted by atomic mass is 10.0. The van der Waals surface area contributed by atoms with Crippen LogP contribution in [0.5, 0.6) is 17.2 Å². The molecule has 3 rings (SSSR count). The highest BCUT2D eigenvalue weighted by atomic mass is 32.3. The summed E-state index contributed by atoms with van der Waals surface area (Å²) < 4.78 is 94.0. The summed E-state index contributed by atoms with van der Waals surface area (Å²) in [4.78, 5) is 0.851. The molecule has 3 aromatic rings. The molecule has 0 spiro atoms. The van der Waals surface area contributed by atoms with E-state index in [-0.39, 0.29) is 14.7 Å². The SMILES string of the molecule is CCCCCCCCCCCCCCCCOc1ccc(S(OS(=O)(=O)C(F)(F)F)(c2ccc(OCCCCCCCCCCCCCCCC)cc2)c2ccc(OCCCCCCCCCCCCCCCC)cc2)cc1. The molecule has 3 aromatic carbocycles. The highest BCUT2D eigenvalue weighted by Crippen LogP contribution is 2.71. The van der Waals surface area contributed by atoms with Crippen LogP contribution in [0.4, 0.5) is 13.2 Å². The summed E-state index contributed by atoms with van der Waals surface area (Å²) >= 11 is 0. The summed E-state index contributed by atoms with van der Waals surface area (Å²) in [6.45, 7) is 8.31. The molecule has 6 nitrogen and oxygen atoms in total. The molecule has 0 saturated carbocycles. The number of hydrogen-bond acceptors (Lipinski definition) is 6. The van der Waals surface area contributed by atoms with Gasteiger partial charge in [-0.15, -0.1) is 0 Å². The second-order valence-electron chi connectivity index (χ2n) is 22.3. The summed E-state index contributed by atoms with van der Waals surface area (Å²) in [5.74, 6) is 1.67. The van der Waals surface area contributed by atoms with Crippen LogP contribution in [-0.4, -0.2) is 33.7 Å². The first kappa shape index (κ1) is 69.4. The van der Waals surface area contributed by atoms with Crippen LogP contribution in [0, 0.1) is 0 Å². The minimum absolute atomic E-state index is 0.284. The second-order valence-corrected chi connectivity index (χ2v) is 26.7. The van der Waals surface area contributed by atoms with Gasteiger partial charge in [0.25, 0.3) is 0 Å². The molecule has 11 heteroatoms. The van der Waals surface area contributed by atoms with Gasteiger partial charge in [-0.1, -0.05) is 271 Å². The second kappa shape index (κ2) is 44.7. The van der Waals surface area contributed by atoms with E-state index in [2.05, 4.69) is 20.8 Å². The number of ether oxygens (including phenoxy) is 3. The molecule has 0 radical (unpaired) electrons. The first-order valence-electron chi connectivity index (χ1n) is 32.1. The van der Waals surface area contributed by atoms with Crippen molar-refractivity contribution < 1.29 is 39.4 Å². The quantitative estimate of drug-likeness (QED) is 0.0414. The molecule has 0 aliphatic heterocycles. The normalized spacial score (nSPS) is 12.3. The van der Waals surface area contributed by atoms with Crippen LogP contribution in [0.3, 0.4) is 0 Å². The van der Waals surface area contributed by atoms with Crippen LogP contribution in [-0.2, 0) is 13.7 Å². The van der Waals surface area contributed by atoms with Crippen molar-refractivity contribution in [2.45, 2.75) is 311 Å². The topological polar surface area (TPSA) is 71.1 Å². The molecule has 0 aliphatic rings. The third kappa shape index (κ3) is 30.8. The van der Waals surface area contributed by atoms with Crippen molar-refractivity contribution in [2.24, 2.45) is 0 Å². The molecule has 0 heterocycles. The highest BCUT2D eigenvalue weighted by Gasteiger charge is 2.52. The molecule has 0 fully saturated rings. The van der Waals surface area contributed by atoms with E-state index in [0.29, 0.717) is 37.1 Å². The minimum atomic E-state index is -6.10. The zero-order valence-corrected chi connectivity index (χ0v) is 51.3. The lowest BCUT2D eigenvalue weighted by Crippen LogP contribution is -2.27. The summed E-state index contributed by atoms with van der Waals surface area (Å²) in [7, 11) is -9.65. The largest absolute Gasteiger partial charge is 0.524 e. The van der Waals surface area contributed by atoms with Crippen LogP contribution in [0.15, 0.2) is 87.5 Å². The fraction of sp³-hybridized carbons (Fsp3) is 0.731. The van der Waals surface area contributed by atoms with Gasteiger partial charge in [0.2, 0.25) is 0 Å². The van der Waals surface area contributed by atoms with Crippen molar-refractivity contribution in [3.8, 4) is 17.2 Å². The molecular formula is C67H111F3O6S2. The monoisotopic (exact) mass is 1130 g/mol. The fourth-order valence-corrected chi connectivity index (χ4v) is 15.0. The van der Waals surface area contributed by atoms with E-state index in [9.17, 15) is 21.6 Å². The van der Waals surface area contributed by atoms with Crippen molar-refractivity contribution in [2.75, 3.05) is 19.8 Å². The van der Waals surface area contributed by atoms with Gasteiger partial charge < -0.3 is 14.2 Å². The summed E-state index contributed by atoms with van der Waals surface area (Å²) in [6.07, 6.45) is 53.0. The third-order valence-electron chi connectivity index (χ3n) is 15.2. The average molecular weight is 1130 g/mol. The molecule has 0 N–H and O–H groups in total. The summed E-state index contributed by atoms with van der Waals surface area (Å²) in [5.41, 5.74) is -5.66. The van der Waals surface area contributed by atoms with Gasteiger partial charge in [0.1, 0.15) is 17.2 Å². The number of benzene rings is 3. The zero-order chi connectivity index (χ0) is 56.1. The van der Waals surface area contributed by atoms with Gasteiger partial charge in [0.05, 0.1) is 19.8 Å². The molecular weight excluding hydrogens is 1020 g/mol. The van der Waals surface area contributed by atoms with Crippen LogP contribution in [0.1, 0.15) is 290 Å². The minimum Gasteiger partial charge on any atom is -0.494 e. The van der Waals surface area contributed by atoms with Crippen molar-refractivity contribution in [3.05, 3.63) is 72.8 Å². The Kier molecular flexibility index (Phi) is 39.8. The van der Waals surface area contributed by atoms with Gasteiger partial charge >= 0.3 is 15.6 Å². The molecule has 0 unspecified atom stereocenters. The Morgan fingerprint density at radius 3 is 0.654 bits per heavy atom. The van der Waals surface area contributed by atoms with Gasteiger partial charge in [0.15, 0.2) is 0 Å². The molecule has 0 bridgehead atoms. The predicted molar refractivity (Wildman–Crippen MR) is 325 cm³/mol. The Bertz CT molecular complexity index is 1750. The number of unbranched alkanes of at least 4 members (excludes halogenated alkanes) is 39. The van der Waals surface area contributed by atoms with Gasteiger partial charge in [0, 0.05) is 14.7 Å². The maximum atomic E-state index is 14.5. The van der Waals surface area contributed by atoms with E-state index in [0.717, 1.165) is 57.8 Å². The van der Waals surface area contributed by atoms with E-state index < -0.39 is 25.9 Å². The van der Waals surface area contributed by atoms with Gasteiger partial charge in [-0.05, 0) is 102 Å². The van der Waals surface area contributed by atoms with Crippen LogP contribution < -0.4 is 14.2 Å². The van der Waals surface area contributed by atoms with E-state index >= 15 is 0 Å². The first-order chi connectivity index (χ1) is 38.1. The van der Waals surface area contributed by atoms with E-state index in [1.807, 2.05) is 0 Å². The number of halogens is 3. The molecule has 0 amide bonds. The van der Waals surface area contributed by atoms with E-state index in [1.54, 1.807) is 72.8 Å². The van der Waals surface area contributed by atoms with Gasteiger partial charge in [-0.25, -0.2) is 0 Å². The van der Waals surface area contributed by atoms with Crippen LogP contribution >= 0.6 is 10.3 Å². The standard InChI is InChI=1S/C67H111F3O6S2/c1-4-7-10-13-16-19-22-25-28-31-34-37-40-43-58-73-61-46-52-64(53-47-61)77(76-78(71,72)67(68,69)70,65-54-48-62(49-55-65)74-59-44-41-38-35-32-29-26-23-20-17-14-11-8-5-2)66-56-50-63(51-57-66)75-60-45-42-39-36-33-30-27-24-21-18-15-12-9-6-3/h46-57H,4-45,58-60H2,1-3H3. The summed E-state index contributed by atoms with van der Waals surface area (Å²) in [5, 5.41) is 0. The van der Waals surface area contributed by atoms with Crippen molar-refractivity contribution >= 4 is 20.4 Å². The summed E-state index contributed by atoms with van der Waals surface area (Å²) in [6, 6.07) is 20.0. The third-order valence-corrected chi connectivity index (χ3v) is 20.2. The van der Waals surface area contributed by atoms with E-state index in [4.69, 9.17) is 17.8 Å². The van der Waals surface area contributed by atoms with Gasteiger partial charge in [-0.3, -0.25) is 0 Å². The fourth-order valence-electron chi connectivity index (χ4n) is 10.3. The smallest absolute Gasteiger partial charge is 0.494 e. The predicted octanol–water partition coefficient (Wildman–Crippen LogP) is 23.3. The molecule has 0 aromatic heterocycles. The maximum absolute atomic E-state index is 14.5. The molecule has 0 aliphatic carbocycles. The highest BCUT2D eigenvalue weighted by molar-refractivity contribution is 8.33. The molecule has 0 saturated heterocycles. The van der Waals surface area contributed by atoms with Crippen molar-refractivity contribution in [3.63, 3.8) is 0 Å². The lowest BCUT2D eigenvalue weighted by Gasteiger charge is -2.39. The lowest BCUT2D eigenvalue weighted by molar-refractivity contribution is -0.0496. The Morgan fingerprint density at radius 2 is 0.474 bits per heavy atom. The zero-order valence-electron chi connectivity index (χ0n) is 49.6. The first-order valence-corrected chi connectivity index (χ1v) is 35.1. The van der Waals surface area contributed by atoms with Crippen molar-refractivity contribution in [1.82, 2.24) is 0 Å². The number of rotatable bonds is 53. The van der Waals surface area contributed by atoms with Crippen LogP contribution in [0.25, 0.3) is 0 Å². The molecule has 78 heavy (non-hydrogen) atoms. The van der Waals surface area contributed by atoms with E-state index in [1.165, 1.54) is 212 Å². The maximum Gasteiger partial charge on any atom is 0.524 e. The Hall–Kier alpha value is -2.89. The number of hydrogen-bond donors (Lipinski definition) is 0. The Morgan fingerprint density at radius 1 is 0.295 bits per heavy atom. The number of alkyl halides is 3. The average Bonchev–Trinajstić information content (AvgIpc) is 3.49. The Labute approximate surface area is 477 Å². The Balaban J connectivity index is 1.64. The van der Waals surface area contributed by atoms with Crippen LogP contribution in [0.2, 0.25) is 0 Å². The molecule has 0 atom stereocenters. The molecule has 448 valence electrons.